The maximum absolute atomic E-state index is 10.9. The summed E-state index contributed by atoms with van der Waals surface area (Å²) in [4.78, 5) is 10.9. The predicted molar refractivity (Wildman–Crippen MR) is 42.8 cm³/mol. The Bertz CT molecular complexity index is 118. The van der Waals surface area contributed by atoms with Crippen LogP contribution < -0.4 is 5.73 Å². The smallest absolute Gasteiger partial charge is 0.134 e. The lowest BCUT2D eigenvalue weighted by Gasteiger charge is -2.20. The van der Waals surface area contributed by atoms with Crippen LogP contribution in [0.3, 0.4) is 0 Å². The van der Waals surface area contributed by atoms with E-state index < -0.39 is 0 Å². The number of ketones is 1. The van der Waals surface area contributed by atoms with Crippen LogP contribution in [-0.2, 0) is 4.79 Å². The van der Waals surface area contributed by atoms with Gasteiger partial charge in [0, 0.05) is 18.4 Å². The van der Waals surface area contributed by atoms with Gasteiger partial charge in [-0.15, -0.1) is 0 Å². The highest BCUT2D eigenvalue weighted by Crippen LogP contribution is 2.11. The van der Waals surface area contributed by atoms with Gasteiger partial charge in [0.05, 0.1) is 0 Å². The van der Waals surface area contributed by atoms with Crippen molar-refractivity contribution in [2.24, 2.45) is 5.73 Å². The highest BCUT2D eigenvalue weighted by molar-refractivity contribution is 5.79. The lowest BCUT2D eigenvalue weighted by Crippen LogP contribution is -2.37. The molecule has 0 aromatic carbocycles. The lowest BCUT2D eigenvalue weighted by atomic mass is 9.93. The van der Waals surface area contributed by atoms with Crippen LogP contribution in [0.1, 0.15) is 40.0 Å². The summed E-state index contributed by atoms with van der Waals surface area (Å²) in [6, 6.07) is 0. The maximum atomic E-state index is 10.9. The van der Waals surface area contributed by atoms with Gasteiger partial charge in [-0.25, -0.2) is 0 Å². The van der Waals surface area contributed by atoms with Gasteiger partial charge in [-0.3, -0.25) is 4.79 Å². The Kier molecular flexibility index (Phi) is 3.58. The van der Waals surface area contributed by atoms with Crippen LogP contribution in [0.5, 0.6) is 0 Å². The van der Waals surface area contributed by atoms with Crippen molar-refractivity contribution in [2.75, 3.05) is 0 Å². The second kappa shape index (κ2) is 3.71. The molecule has 0 aliphatic carbocycles. The highest BCUT2D eigenvalue weighted by Gasteiger charge is 2.18. The summed E-state index contributed by atoms with van der Waals surface area (Å²) in [5.41, 5.74) is 5.49. The first-order valence-electron chi connectivity index (χ1n) is 3.82. The Morgan fingerprint density at radius 3 is 2.30 bits per heavy atom. The van der Waals surface area contributed by atoms with E-state index in [1.165, 1.54) is 0 Å². The van der Waals surface area contributed by atoms with E-state index in [0.717, 1.165) is 6.42 Å². The van der Waals surface area contributed by atoms with E-state index in [9.17, 15) is 4.79 Å². The van der Waals surface area contributed by atoms with E-state index >= 15 is 0 Å². The van der Waals surface area contributed by atoms with Crippen LogP contribution in [0.2, 0.25) is 0 Å². The van der Waals surface area contributed by atoms with Crippen LogP contribution in [0.15, 0.2) is 0 Å². The van der Waals surface area contributed by atoms with Crippen molar-refractivity contribution < 1.29 is 4.79 Å². The third kappa shape index (κ3) is 3.62. The summed E-state index contributed by atoms with van der Waals surface area (Å²) in [5.74, 6) is 0.256. The Labute approximate surface area is 62.8 Å². The molecule has 0 saturated carbocycles. The first kappa shape index (κ1) is 9.63. The third-order valence-electron chi connectivity index (χ3n) is 1.80. The number of nitrogens with two attached hydrogens (primary N) is 1. The van der Waals surface area contributed by atoms with Gasteiger partial charge in [0.1, 0.15) is 5.78 Å². The van der Waals surface area contributed by atoms with Gasteiger partial charge in [-0.1, -0.05) is 13.8 Å². The Hall–Kier alpha value is -0.370. The zero-order chi connectivity index (χ0) is 8.20. The first-order valence-corrected chi connectivity index (χ1v) is 3.82. The van der Waals surface area contributed by atoms with Crippen molar-refractivity contribution in [3.8, 4) is 0 Å². The van der Waals surface area contributed by atoms with Gasteiger partial charge in [0.15, 0.2) is 0 Å². The van der Waals surface area contributed by atoms with Crippen LogP contribution in [-0.4, -0.2) is 11.3 Å². The van der Waals surface area contributed by atoms with E-state index in [4.69, 9.17) is 5.73 Å². The molecule has 0 aromatic heterocycles. The van der Waals surface area contributed by atoms with E-state index in [-0.39, 0.29) is 11.3 Å². The van der Waals surface area contributed by atoms with Gasteiger partial charge >= 0.3 is 0 Å². The van der Waals surface area contributed by atoms with Crippen LogP contribution in [0, 0.1) is 0 Å². The van der Waals surface area contributed by atoms with E-state index in [2.05, 4.69) is 0 Å². The molecule has 0 aliphatic rings. The topological polar surface area (TPSA) is 43.1 Å². The monoisotopic (exact) mass is 143 g/mol. The van der Waals surface area contributed by atoms with Crippen molar-refractivity contribution in [3.63, 3.8) is 0 Å². The molecule has 2 N–H and O–H groups in total. The molecule has 2 nitrogen and oxygen atoms in total. The Morgan fingerprint density at radius 1 is 1.50 bits per heavy atom. The van der Waals surface area contributed by atoms with E-state index in [1.807, 2.05) is 20.8 Å². The molecule has 0 aromatic rings. The average Bonchev–Trinajstić information content (AvgIpc) is 1.87. The molecule has 1 unspecified atom stereocenters. The van der Waals surface area contributed by atoms with E-state index in [1.54, 1.807) is 0 Å². The molecule has 0 amide bonds. The summed E-state index contributed by atoms with van der Waals surface area (Å²) in [7, 11) is 0. The van der Waals surface area contributed by atoms with Crippen molar-refractivity contribution in [3.05, 3.63) is 0 Å². The number of carbonyl (C=O) groups excluding carboxylic acids is 1. The second-order valence-corrected chi connectivity index (χ2v) is 3.08. The number of carbonyl (C=O) groups is 1. The number of Topliss-reactive ketones (excluding diaryl/α,β-unsaturated/α-hetero) is 1. The molecule has 60 valence electrons. The van der Waals surface area contributed by atoms with Crippen LogP contribution in [0.4, 0.5) is 0 Å². The molecule has 0 saturated heterocycles. The minimum absolute atomic E-state index is 0.256. The van der Waals surface area contributed by atoms with Gasteiger partial charge in [0.2, 0.25) is 0 Å². The van der Waals surface area contributed by atoms with Crippen molar-refractivity contribution in [2.45, 2.75) is 45.6 Å². The third-order valence-corrected chi connectivity index (χ3v) is 1.80. The fraction of sp³-hybridized carbons (Fsp3) is 0.875. The van der Waals surface area contributed by atoms with Crippen LogP contribution in [0.25, 0.3) is 0 Å². The molecule has 0 rings (SSSR count). The molecule has 0 bridgehead atoms. The SMILES string of the molecule is CCC(=O)CC(C)(N)CC. The van der Waals surface area contributed by atoms with Gasteiger partial charge in [-0.05, 0) is 13.3 Å². The predicted octanol–water partition coefficient (Wildman–Crippen LogP) is 1.48. The molecule has 0 radical (unpaired) electrons. The van der Waals surface area contributed by atoms with Gasteiger partial charge in [-0.2, -0.15) is 0 Å². The highest BCUT2D eigenvalue weighted by atomic mass is 16.1. The minimum atomic E-state index is -0.285. The first-order chi connectivity index (χ1) is 4.52. The van der Waals surface area contributed by atoms with Crippen molar-refractivity contribution in [1.29, 1.82) is 0 Å². The fourth-order valence-corrected chi connectivity index (χ4v) is 0.700. The standard InChI is InChI=1S/C8H17NO/c1-4-7(10)6-8(3,9)5-2/h4-6,9H2,1-3H3. The number of hydrogen-bond acceptors (Lipinski definition) is 2. The Balaban J connectivity index is 3.76. The zero-order valence-electron chi connectivity index (χ0n) is 7.11. The second-order valence-electron chi connectivity index (χ2n) is 3.08. The van der Waals surface area contributed by atoms with E-state index in [0.29, 0.717) is 12.8 Å². The molecular formula is C8H17NO. The summed E-state index contributed by atoms with van der Waals surface area (Å²) < 4.78 is 0. The molecule has 2 heteroatoms. The Morgan fingerprint density at radius 2 is 2.00 bits per heavy atom. The van der Waals surface area contributed by atoms with Crippen molar-refractivity contribution >= 4 is 5.78 Å². The molecule has 0 heterocycles. The lowest BCUT2D eigenvalue weighted by molar-refractivity contribution is -0.119. The summed E-state index contributed by atoms with van der Waals surface area (Å²) in [5, 5.41) is 0. The zero-order valence-corrected chi connectivity index (χ0v) is 7.11. The summed E-state index contributed by atoms with van der Waals surface area (Å²) in [6.07, 6.45) is 1.98. The molecular weight excluding hydrogens is 126 g/mol. The molecule has 1 atom stereocenters. The average molecular weight is 143 g/mol. The normalized spacial score (nSPS) is 16.4. The van der Waals surface area contributed by atoms with Gasteiger partial charge < -0.3 is 5.73 Å². The molecule has 0 spiro atoms. The van der Waals surface area contributed by atoms with Crippen LogP contribution >= 0.6 is 0 Å². The molecule has 10 heavy (non-hydrogen) atoms. The minimum Gasteiger partial charge on any atom is -0.325 e. The maximum Gasteiger partial charge on any atom is 0.134 e. The summed E-state index contributed by atoms with van der Waals surface area (Å²) >= 11 is 0. The largest absolute Gasteiger partial charge is 0.325 e. The number of hydrogen-bond donors (Lipinski definition) is 1. The molecule has 0 aliphatic heterocycles. The molecule has 0 fully saturated rings. The summed E-state index contributed by atoms with van der Waals surface area (Å²) in [6.45, 7) is 5.79. The number of rotatable bonds is 4. The quantitative estimate of drug-likeness (QED) is 0.647. The van der Waals surface area contributed by atoms with Gasteiger partial charge in [0.25, 0.3) is 0 Å². The van der Waals surface area contributed by atoms with Crippen molar-refractivity contribution in [1.82, 2.24) is 0 Å². The fourth-order valence-electron chi connectivity index (χ4n) is 0.700.